The van der Waals surface area contributed by atoms with Crippen LogP contribution in [0.15, 0.2) is 11.3 Å². The number of hydrazine groups is 1. The monoisotopic (exact) mass is 225 g/mol. The van der Waals surface area contributed by atoms with Crippen molar-refractivity contribution in [3.05, 3.63) is 12.2 Å². The Hall–Kier alpha value is -1.63. The lowest BCUT2D eigenvalue weighted by molar-refractivity contribution is 0.611. The normalized spacial score (nSPS) is 13.6. The van der Waals surface area contributed by atoms with Crippen molar-refractivity contribution in [1.29, 1.82) is 0 Å². The molecule has 0 spiro atoms. The van der Waals surface area contributed by atoms with Crippen molar-refractivity contribution in [3.63, 3.8) is 0 Å². The number of hydrogen-bond acceptors (Lipinski definition) is 4. The fourth-order valence-corrected chi connectivity index (χ4v) is 1.31. The molecule has 1 unspecified atom stereocenters. The van der Waals surface area contributed by atoms with E-state index in [0.717, 1.165) is 18.8 Å². The molecule has 0 saturated carbocycles. The number of aliphatic imine (C=N–C) groups is 1. The minimum absolute atomic E-state index is 0.000781. The van der Waals surface area contributed by atoms with Crippen molar-refractivity contribution < 1.29 is 0 Å². The minimum Gasteiger partial charge on any atom is -0.346 e. The summed E-state index contributed by atoms with van der Waals surface area (Å²) in [6.45, 7) is 4.77. The summed E-state index contributed by atoms with van der Waals surface area (Å²) in [5.41, 5.74) is 2.53. The Balaban J connectivity index is 2.62. The molecule has 1 atom stereocenters. The molecule has 7 nitrogen and oxygen atoms in total. The van der Waals surface area contributed by atoms with E-state index in [4.69, 9.17) is 5.84 Å². The number of guanidine groups is 1. The molecule has 7 heteroatoms. The van der Waals surface area contributed by atoms with E-state index < -0.39 is 0 Å². The first-order valence-corrected chi connectivity index (χ1v) is 5.30. The highest BCUT2D eigenvalue weighted by molar-refractivity contribution is 5.79. The Kier molecular flexibility index (Phi) is 4.71. The molecule has 0 aromatic carbocycles. The molecular formula is C9H19N7. The van der Waals surface area contributed by atoms with Crippen molar-refractivity contribution in [1.82, 2.24) is 25.5 Å². The second-order valence-corrected chi connectivity index (χ2v) is 3.54. The zero-order valence-electron chi connectivity index (χ0n) is 9.94. The van der Waals surface area contributed by atoms with E-state index >= 15 is 0 Å². The summed E-state index contributed by atoms with van der Waals surface area (Å²) >= 11 is 0. The van der Waals surface area contributed by atoms with Gasteiger partial charge in [-0.3, -0.25) is 10.4 Å². The molecule has 0 radical (unpaired) electrons. The van der Waals surface area contributed by atoms with Gasteiger partial charge in [-0.15, -0.1) is 10.2 Å². The number of nitrogens with one attached hydrogen (secondary N) is 2. The fraction of sp³-hybridized carbons (Fsp3) is 0.667. The van der Waals surface area contributed by atoms with Crippen LogP contribution < -0.4 is 16.6 Å². The molecular weight excluding hydrogens is 206 g/mol. The van der Waals surface area contributed by atoms with E-state index in [-0.39, 0.29) is 6.04 Å². The third kappa shape index (κ3) is 3.20. The Bertz CT molecular complexity index is 343. The molecule has 0 bridgehead atoms. The maximum Gasteiger partial charge on any atom is 0.206 e. The van der Waals surface area contributed by atoms with Gasteiger partial charge in [0.15, 0.2) is 5.82 Å². The number of rotatable bonds is 4. The van der Waals surface area contributed by atoms with Gasteiger partial charge in [-0.2, -0.15) is 0 Å². The molecule has 0 fully saturated rings. The Morgan fingerprint density at radius 2 is 2.44 bits per heavy atom. The maximum atomic E-state index is 5.37. The SMILES string of the molecule is CCCN=C(NN)NC(C)c1nncn1C. The quantitative estimate of drug-likeness (QED) is 0.283. The number of nitrogens with zero attached hydrogens (tertiary/aromatic N) is 4. The molecule has 0 aliphatic carbocycles. The van der Waals surface area contributed by atoms with Gasteiger partial charge >= 0.3 is 0 Å². The molecule has 4 N–H and O–H groups in total. The van der Waals surface area contributed by atoms with E-state index in [2.05, 4.69) is 32.9 Å². The van der Waals surface area contributed by atoms with Crippen LogP contribution in [0.4, 0.5) is 0 Å². The van der Waals surface area contributed by atoms with Gasteiger partial charge in [-0.25, -0.2) is 5.84 Å². The highest BCUT2D eigenvalue weighted by Gasteiger charge is 2.12. The first-order valence-electron chi connectivity index (χ1n) is 5.30. The Labute approximate surface area is 95.1 Å². The molecule has 1 rings (SSSR count). The lowest BCUT2D eigenvalue weighted by Gasteiger charge is -2.15. The molecule has 0 saturated heterocycles. The summed E-state index contributed by atoms with van der Waals surface area (Å²) < 4.78 is 1.85. The average Bonchev–Trinajstić information content (AvgIpc) is 2.70. The minimum atomic E-state index is -0.000781. The summed E-state index contributed by atoms with van der Waals surface area (Å²) in [5, 5.41) is 11.0. The molecule has 1 heterocycles. The lowest BCUT2D eigenvalue weighted by Crippen LogP contribution is -2.43. The molecule has 0 aliphatic heterocycles. The van der Waals surface area contributed by atoms with E-state index in [0.29, 0.717) is 5.96 Å². The molecule has 16 heavy (non-hydrogen) atoms. The van der Waals surface area contributed by atoms with Crippen LogP contribution in [0, 0.1) is 0 Å². The standard InChI is InChI=1S/C9H19N7/c1-4-5-11-9(14-10)13-7(2)8-15-12-6-16(8)3/h6-7H,4-5,10H2,1-3H3,(H2,11,13,14). The predicted molar refractivity (Wildman–Crippen MR) is 62.5 cm³/mol. The maximum absolute atomic E-state index is 5.37. The largest absolute Gasteiger partial charge is 0.346 e. The van der Waals surface area contributed by atoms with E-state index in [1.54, 1.807) is 6.33 Å². The summed E-state index contributed by atoms with van der Waals surface area (Å²) in [5.74, 6) is 6.77. The second-order valence-electron chi connectivity index (χ2n) is 3.54. The van der Waals surface area contributed by atoms with Crippen LogP contribution in [0.3, 0.4) is 0 Å². The molecule has 0 amide bonds. The highest BCUT2D eigenvalue weighted by atomic mass is 15.4. The van der Waals surface area contributed by atoms with Gasteiger partial charge in [0.25, 0.3) is 0 Å². The van der Waals surface area contributed by atoms with Gasteiger partial charge in [0.05, 0.1) is 6.04 Å². The zero-order valence-corrected chi connectivity index (χ0v) is 9.94. The van der Waals surface area contributed by atoms with Gasteiger partial charge in [0, 0.05) is 13.6 Å². The van der Waals surface area contributed by atoms with E-state index in [1.165, 1.54) is 0 Å². The second kappa shape index (κ2) is 6.06. The molecule has 1 aromatic heterocycles. The van der Waals surface area contributed by atoms with Crippen molar-refractivity contribution in [3.8, 4) is 0 Å². The predicted octanol–water partition coefficient (Wildman–Crippen LogP) is -0.305. The average molecular weight is 225 g/mol. The third-order valence-corrected chi connectivity index (χ3v) is 2.12. The van der Waals surface area contributed by atoms with Crippen LogP contribution in [-0.4, -0.2) is 27.3 Å². The van der Waals surface area contributed by atoms with Gasteiger partial charge in [0.2, 0.25) is 5.96 Å². The number of nitrogens with two attached hydrogens (primary N) is 1. The first kappa shape index (κ1) is 12.4. The van der Waals surface area contributed by atoms with Crippen molar-refractivity contribution in [2.45, 2.75) is 26.3 Å². The van der Waals surface area contributed by atoms with Crippen LogP contribution in [-0.2, 0) is 7.05 Å². The summed E-state index contributed by atoms with van der Waals surface area (Å²) in [7, 11) is 1.90. The lowest BCUT2D eigenvalue weighted by atomic mass is 10.3. The van der Waals surface area contributed by atoms with Gasteiger partial charge in [0.1, 0.15) is 6.33 Å². The fourth-order valence-electron chi connectivity index (χ4n) is 1.31. The van der Waals surface area contributed by atoms with Gasteiger partial charge < -0.3 is 9.88 Å². The van der Waals surface area contributed by atoms with Gasteiger partial charge in [-0.05, 0) is 13.3 Å². The van der Waals surface area contributed by atoms with Crippen LogP contribution in [0.5, 0.6) is 0 Å². The van der Waals surface area contributed by atoms with E-state index in [9.17, 15) is 0 Å². The molecule has 1 aromatic rings. The summed E-state index contributed by atoms with van der Waals surface area (Å²) in [6, 6.07) is -0.000781. The Morgan fingerprint density at radius 1 is 1.69 bits per heavy atom. The number of aryl methyl sites for hydroxylation is 1. The highest BCUT2D eigenvalue weighted by Crippen LogP contribution is 2.06. The number of aromatic nitrogens is 3. The number of hydrogen-bond donors (Lipinski definition) is 3. The van der Waals surface area contributed by atoms with E-state index in [1.807, 2.05) is 18.5 Å². The zero-order chi connectivity index (χ0) is 12.0. The first-order chi connectivity index (χ1) is 7.69. The van der Waals surface area contributed by atoms with Crippen LogP contribution in [0.25, 0.3) is 0 Å². The van der Waals surface area contributed by atoms with Crippen LogP contribution >= 0.6 is 0 Å². The van der Waals surface area contributed by atoms with Crippen molar-refractivity contribution in [2.24, 2.45) is 17.9 Å². The topological polar surface area (TPSA) is 93.2 Å². The van der Waals surface area contributed by atoms with Crippen molar-refractivity contribution in [2.75, 3.05) is 6.54 Å². The molecule has 90 valence electrons. The van der Waals surface area contributed by atoms with Crippen molar-refractivity contribution >= 4 is 5.96 Å². The summed E-state index contributed by atoms with van der Waals surface area (Å²) in [4.78, 5) is 4.25. The smallest absolute Gasteiger partial charge is 0.206 e. The Morgan fingerprint density at radius 3 is 2.94 bits per heavy atom. The molecule has 0 aliphatic rings. The van der Waals surface area contributed by atoms with Crippen LogP contribution in [0.2, 0.25) is 0 Å². The summed E-state index contributed by atoms with van der Waals surface area (Å²) in [6.07, 6.45) is 2.64. The van der Waals surface area contributed by atoms with Crippen LogP contribution in [0.1, 0.15) is 32.1 Å². The third-order valence-electron chi connectivity index (χ3n) is 2.12. The van der Waals surface area contributed by atoms with Gasteiger partial charge in [-0.1, -0.05) is 6.92 Å².